The van der Waals surface area contributed by atoms with Gasteiger partial charge >= 0.3 is 5.97 Å². The first-order chi connectivity index (χ1) is 17.4. The third kappa shape index (κ3) is 4.58. The van der Waals surface area contributed by atoms with Crippen molar-refractivity contribution in [2.45, 2.75) is 49.9 Å². The van der Waals surface area contributed by atoms with E-state index in [1.54, 1.807) is 40.1 Å². The summed E-state index contributed by atoms with van der Waals surface area (Å²) in [6.07, 6.45) is 5.66. The summed E-state index contributed by atoms with van der Waals surface area (Å²) in [5.41, 5.74) is -0.467. The van der Waals surface area contributed by atoms with Crippen molar-refractivity contribution >= 4 is 35.1 Å². The summed E-state index contributed by atoms with van der Waals surface area (Å²) in [7, 11) is 0. The molecular weight excluding hydrogens is 484 g/mol. The van der Waals surface area contributed by atoms with Crippen molar-refractivity contribution in [3.63, 3.8) is 0 Å². The summed E-state index contributed by atoms with van der Waals surface area (Å²) >= 11 is 6.07. The van der Waals surface area contributed by atoms with E-state index < -0.39 is 35.6 Å². The van der Waals surface area contributed by atoms with Gasteiger partial charge in [0.1, 0.15) is 18.2 Å². The average Bonchev–Trinajstić information content (AvgIpc) is 3.51. The number of hydrogen-bond donors (Lipinski definition) is 1. The molecular formula is C27H33ClN2O6. The number of halogens is 1. The Morgan fingerprint density at radius 2 is 1.97 bits per heavy atom. The summed E-state index contributed by atoms with van der Waals surface area (Å²) in [5.74, 6) is -2.57. The largest absolute Gasteiger partial charge is 0.461 e. The molecule has 4 rings (SSSR count). The number of benzene rings is 1. The zero-order valence-corrected chi connectivity index (χ0v) is 21.1. The van der Waals surface area contributed by atoms with E-state index in [0.29, 0.717) is 49.4 Å². The van der Waals surface area contributed by atoms with Crippen molar-refractivity contribution in [3.05, 3.63) is 54.6 Å². The Morgan fingerprint density at radius 1 is 1.22 bits per heavy atom. The van der Waals surface area contributed by atoms with Crippen molar-refractivity contribution < 1.29 is 29.0 Å². The van der Waals surface area contributed by atoms with Gasteiger partial charge in [-0.3, -0.25) is 14.4 Å². The molecule has 1 aromatic carbocycles. The third-order valence-corrected chi connectivity index (χ3v) is 7.67. The molecule has 0 saturated carbocycles. The van der Waals surface area contributed by atoms with E-state index >= 15 is 0 Å². The molecule has 2 amide bonds. The van der Waals surface area contributed by atoms with Gasteiger partial charge in [0.25, 0.3) is 5.91 Å². The van der Waals surface area contributed by atoms with Crippen LogP contribution in [0, 0.1) is 11.8 Å². The Balaban J connectivity index is 1.71. The first-order valence-corrected chi connectivity index (χ1v) is 12.8. The molecule has 194 valence electrons. The van der Waals surface area contributed by atoms with E-state index in [1.807, 2.05) is 0 Å². The highest BCUT2D eigenvalue weighted by molar-refractivity contribution is 6.30. The van der Waals surface area contributed by atoms with Crippen LogP contribution in [0.4, 0.5) is 5.69 Å². The number of aliphatic hydroxyl groups is 1. The molecule has 0 aromatic heterocycles. The van der Waals surface area contributed by atoms with Gasteiger partial charge in [-0.1, -0.05) is 30.3 Å². The van der Waals surface area contributed by atoms with Crippen molar-refractivity contribution in [2.24, 2.45) is 11.8 Å². The molecule has 1 N–H and O–H groups in total. The SMILES string of the molecule is C=CCOC(=O)[C@@H]1[C@@H]2CCC3(O2)C(C(=O)N(CC=C)c2ccc(Cl)cc2)N(CCCCCO)C(=O)[C@H]13. The van der Waals surface area contributed by atoms with Gasteiger partial charge in [-0.15, -0.1) is 6.58 Å². The summed E-state index contributed by atoms with van der Waals surface area (Å²) < 4.78 is 11.8. The van der Waals surface area contributed by atoms with Gasteiger partial charge in [-0.25, -0.2) is 0 Å². The second-order valence-corrected chi connectivity index (χ2v) is 9.94. The Bertz CT molecular complexity index is 1010. The van der Waals surface area contributed by atoms with Crippen LogP contribution in [0.3, 0.4) is 0 Å². The molecule has 3 aliphatic heterocycles. The summed E-state index contributed by atoms with van der Waals surface area (Å²) in [6, 6.07) is 6.03. The maximum absolute atomic E-state index is 14.2. The minimum absolute atomic E-state index is 0.0485. The number of anilines is 1. The fraction of sp³-hybridized carbons (Fsp3) is 0.519. The first-order valence-electron chi connectivity index (χ1n) is 12.4. The lowest BCUT2D eigenvalue weighted by molar-refractivity contribution is -0.154. The summed E-state index contributed by atoms with van der Waals surface area (Å²) in [5, 5.41) is 9.72. The van der Waals surface area contributed by atoms with Crippen LogP contribution >= 0.6 is 11.6 Å². The summed E-state index contributed by atoms with van der Waals surface area (Å²) in [6.45, 7) is 8.07. The predicted molar refractivity (Wildman–Crippen MR) is 135 cm³/mol. The normalized spacial score (nSPS) is 28.2. The number of likely N-dealkylation sites (tertiary alicyclic amines) is 1. The highest BCUT2D eigenvalue weighted by atomic mass is 35.5. The second-order valence-electron chi connectivity index (χ2n) is 9.50. The number of amides is 2. The van der Waals surface area contributed by atoms with Gasteiger partial charge in [-0.2, -0.15) is 0 Å². The number of esters is 1. The number of ether oxygens (including phenoxy) is 2. The Labute approximate surface area is 216 Å². The molecule has 3 saturated heterocycles. The van der Waals surface area contributed by atoms with E-state index in [1.165, 1.54) is 6.08 Å². The van der Waals surface area contributed by atoms with Crippen LogP contribution in [-0.2, 0) is 23.9 Å². The fourth-order valence-corrected chi connectivity index (χ4v) is 6.10. The monoisotopic (exact) mass is 516 g/mol. The number of aliphatic hydroxyl groups excluding tert-OH is 1. The van der Waals surface area contributed by atoms with Crippen LogP contribution in [0.15, 0.2) is 49.6 Å². The van der Waals surface area contributed by atoms with Crippen molar-refractivity contribution in [2.75, 3.05) is 31.2 Å². The Kier molecular flexibility index (Phi) is 8.17. The standard InChI is InChI=1S/C27H33ClN2O6/c1-3-14-29(19-10-8-18(28)9-11-19)25(33)23-27-13-12-20(36-27)21(26(34)35-17-4-2)22(27)24(32)30(23)15-6-5-7-16-31/h3-4,8-11,20-23,31H,1-2,5-7,12-17H2/t20-,21+,22-,23?,27?/m0/s1. The topological polar surface area (TPSA) is 96.4 Å². The number of nitrogens with zero attached hydrogens (tertiary/aromatic N) is 2. The fourth-order valence-electron chi connectivity index (χ4n) is 5.97. The molecule has 2 bridgehead atoms. The van der Waals surface area contributed by atoms with Crippen LogP contribution in [0.1, 0.15) is 32.1 Å². The van der Waals surface area contributed by atoms with E-state index in [9.17, 15) is 19.5 Å². The van der Waals surface area contributed by atoms with Crippen LogP contribution < -0.4 is 4.90 Å². The predicted octanol–water partition coefficient (Wildman–Crippen LogP) is 3.13. The number of carbonyl (C=O) groups is 3. The number of hydrogen-bond acceptors (Lipinski definition) is 6. The van der Waals surface area contributed by atoms with E-state index in [0.717, 1.165) is 0 Å². The molecule has 2 unspecified atom stereocenters. The maximum atomic E-state index is 14.2. The second kappa shape index (κ2) is 11.2. The lowest BCUT2D eigenvalue weighted by Crippen LogP contribution is -2.56. The van der Waals surface area contributed by atoms with Crippen LogP contribution in [-0.4, -0.2) is 71.8 Å². The van der Waals surface area contributed by atoms with Gasteiger partial charge in [0, 0.05) is 30.4 Å². The molecule has 5 atom stereocenters. The molecule has 1 aromatic rings. The Hall–Kier alpha value is -2.68. The molecule has 9 heteroatoms. The van der Waals surface area contributed by atoms with E-state index in [4.69, 9.17) is 21.1 Å². The third-order valence-electron chi connectivity index (χ3n) is 7.42. The quantitative estimate of drug-likeness (QED) is 0.260. The smallest absolute Gasteiger partial charge is 0.312 e. The van der Waals surface area contributed by atoms with Gasteiger partial charge in [0.2, 0.25) is 5.91 Å². The zero-order chi connectivity index (χ0) is 25.9. The minimum atomic E-state index is -1.10. The molecule has 0 radical (unpaired) electrons. The first kappa shape index (κ1) is 26.4. The van der Waals surface area contributed by atoms with Gasteiger partial charge in [-0.05, 0) is 56.4 Å². The van der Waals surface area contributed by atoms with Crippen molar-refractivity contribution in [1.82, 2.24) is 4.90 Å². The molecule has 1 spiro atoms. The van der Waals surface area contributed by atoms with Gasteiger partial charge < -0.3 is 24.4 Å². The highest BCUT2D eigenvalue weighted by Gasteiger charge is 2.75. The number of rotatable bonds is 12. The summed E-state index contributed by atoms with van der Waals surface area (Å²) in [4.78, 5) is 44.3. The number of unbranched alkanes of at least 4 members (excludes halogenated alkanes) is 2. The highest BCUT2D eigenvalue weighted by Crippen LogP contribution is 2.59. The lowest BCUT2D eigenvalue weighted by atomic mass is 9.70. The zero-order valence-electron chi connectivity index (χ0n) is 20.3. The lowest BCUT2D eigenvalue weighted by Gasteiger charge is -2.36. The van der Waals surface area contributed by atoms with Gasteiger partial charge in [0.05, 0.1) is 17.9 Å². The molecule has 36 heavy (non-hydrogen) atoms. The van der Waals surface area contributed by atoms with Crippen LogP contribution in [0.2, 0.25) is 5.02 Å². The van der Waals surface area contributed by atoms with Gasteiger partial charge in [0.15, 0.2) is 0 Å². The van der Waals surface area contributed by atoms with Crippen molar-refractivity contribution in [1.29, 1.82) is 0 Å². The number of fused-ring (bicyclic) bond motifs is 1. The molecule has 3 aliphatic rings. The molecule has 8 nitrogen and oxygen atoms in total. The molecule has 0 aliphatic carbocycles. The molecule has 3 fully saturated rings. The van der Waals surface area contributed by atoms with Crippen LogP contribution in [0.5, 0.6) is 0 Å². The number of carbonyl (C=O) groups excluding carboxylic acids is 3. The van der Waals surface area contributed by atoms with Crippen molar-refractivity contribution in [3.8, 4) is 0 Å². The Morgan fingerprint density at radius 3 is 2.64 bits per heavy atom. The van der Waals surface area contributed by atoms with E-state index in [-0.39, 0.29) is 31.6 Å². The van der Waals surface area contributed by atoms with Crippen LogP contribution in [0.25, 0.3) is 0 Å². The minimum Gasteiger partial charge on any atom is -0.461 e. The average molecular weight is 517 g/mol. The van der Waals surface area contributed by atoms with E-state index in [2.05, 4.69) is 13.2 Å². The maximum Gasteiger partial charge on any atom is 0.312 e. The molecule has 3 heterocycles.